The van der Waals surface area contributed by atoms with Gasteiger partial charge in [0.1, 0.15) is 10.6 Å². The number of aryl methyl sites for hydroxylation is 1. The lowest BCUT2D eigenvalue weighted by molar-refractivity contribution is 0.102. The summed E-state index contributed by atoms with van der Waals surface area (Å²) in [5, 5.41) is 2.76. The van der Waals surface area contributed by atoms with Crippen molar-refractivity contribution in [2.75, 3.05) is 18.2 Å². The van der Waals surface area contributed by atoms with Crippen molar-refractivity contribution in [3.8, 4) is 5.75 Å². The molecule has 1 aliphatic rings. The Labute approximate surface area is 164 Å². The largest absolute Gasteiger partial charge is 0.495 e. The molecule has 0 saturated heterocycles. The number of nitrogens with one attached hydrogen (secondary N) is 2. The fourth-order valence-corrected chi connectivity index (χ4v) is 3.98. The third-order valence-corrected chi connectivity index (χ3v) is 5.67. The van der Waals surface area contributed by atoms with Gasteiger partial charge in [-0.3, -0.25) is 4.79 Å². The highest BCUT2D eigenvalue weighted by molar-refractivity contribution is 7.89. The Bertz CT molecular complexity index is 959. The van der Waals surface area contributed by atoms with E-state index >= 15 is 0 Å². The average molecular weight is 412 g/mol. The fraction of sp³-hybridized carbons (Fsp3) is 0.278. The summed E-state index contributed by atoms with van der Waals surface area (Å²) in [5.41, 5.74) is 7.92. The number of carbonyl (C=O) groups is 1. The van der Waals surface area contributed by atoms with Gasteiger partial charge >= 0.3 is 0 Å². The molecule has 1 fully saturated rings. The van der Waals surface area contributed by atoms with Gasteiger partial charge in [-0.25, -0.2) is 13.1 Å². The Morgan fingerprint density at radius 2 is 1.89 bits per heavy atom. The van der Waals surface area contributed by atoms with E-state index in [1.165, 1.54) is 25.3 Å². The van der Waals surface area contributed by atoms with E-state index < -0.39 is 15.9 Å². The lowest BCUT2D eigenvalue weighted by atomic mass is 10.1. The van der Waals surface area contributed by atoms with Crippen LogP contribution in [0.25, 0.3) is 0 Å². The van der Waals surface area contributed by atoms with Crippen molar-refractivity contribution in [1.82, 2.24) is 4.72 Å². The second kappa shape index (κ2) is 8.16. The van der Waals surface area contributed by atoms with Gasteiger partial charge in [-0.1, -0.05) is 6.07 Å². The number of ether oxygens (including phenoxy) is 1. The predicted molar refractivity (Wildman–Crippen MR) is 107 cm³/mol. The lowest BCUT2D eigenvalue weighted by Gasteiger charge is -2.13. The number of nitrogen functional groups attached to an aromatic ring is 1. The first-order valence-electron chi connectivity index (χ1n) is 8.18. The molecule has 27 heavy (non-hydrogen) atoms. The Balaban J connectivity index is 0.00000261. The molecule has 0 atom stereocenters. The average Bonchev–Trinajstić information content (AvgIpc) is 3.40. The van der Waals surface area contributed by atoms with Crippen LogP contribution < -0.4 is 20.5 Å². The molecule has 7 nitrogen and oxygen atoms in total. The van der Waals surface area contributed by atoms with E-state index in [2.05, 4.69) is 10.0 Å². The molecule has 146 valence electrons. The summed E-state index contributed by atoms with van der Waals surface area (Å²) in [6.07, 6.45) is 1.63. The molecule has 2 aromatic rings. The number of methoxy groups -OCH3 is 1. The van der Waals surface area contributed by atoms with Crippen LogP contribution in [-0.4, -0.2) is 27.5 Å². The maximum Gasteiger partial charge on any atom is 0.255 e. The number of nitrogens with two attached hydrogens (primary N) is 1. The molecular formula is C18H22ClN3O4S. The predicted octanol–water partition coefficient (Wildman–Crippen LogP) is 2.70. The summed E-state index contributed by atoms with van der Waals surface area (Å²) in [6, 6.07) is 9.47. The van der Waals surface area contributed by atoms with Crippen LogP contribution in [-0.2, 0) is 10.0 Å². The van der Waals surface area contributed by atoms with Gasteiger partial charge in [0.25, 0.3) is 5.91 Å². The van der Waals surface area contributed by atoms with Crippen molar-refractivity contribution in [2.45, 2.75) is 30.7 Å². The topological polar surface area (TPSA) is 111 Å². The highest BCUT2D eigenvalue weighted by Gasteiger charge is 2.30. The minimum atomic E-state index is -3.76. The van der Waals surface area contributed by atoms with Crippen LogP contribution in [0.5, 0.6) is 5.75 Å². The molecule has 0 aliphatic heterocycles. The molecule has 2 aromatic carbocycles. The molecule has 0 radical (unpaired) electrons. The first-order valence-corrected chi connectivity index (χ1v) is 9.66. The molecule has 0 bridgehead atoms. The standard InChI is InChI=1S/C18H21N3O4S.ClH/c1-11-3-5-13(19)10-15(11)20-18(22)12-4-8-16(25-2)17(9-12)26(23,24)21-14-6-7-14;/h3-5,8-10,14,21H,6-7,19H2,1-2H3,(H,20,22);1H. The van der Waals surface area contributed by atoms with E-state index in [0.29, 0.717) is 11.4 Å². The zero-order valence-corrected chi connectivity index (χ0v) is 16.6. The molecule has 0 aromatic heterocycles. The first kappa shape index (κ1) is 21.0. The fourth-order valence-electron chi connectivity index (χ4n) is 2.48. The van der Waals surface area contributed by atoms with E-state index in [4.69, 9.17) is 10.5 Å². The van der Waals surface area contributed by atoms with Gasteiger partial charge in [0.2, 0.25) is 10.0 Å². The van der Waals surface area contributed by atoms with Crippen LogP contribution in [0, 0.1) is 6.92 Å². The maximum absolute atomic E-state index is 12.6. The monoisotopic (exact) mass is 411 g/mol. The van der Waals surface area contributed by atoms with Gasteiger partial charge in [0.05, 0.1) is 7.11 Å². The van der Waals surface area contributed by atoms with Gasteiger partial charge in [0, 0.05) is 23.0 Å². The van der Waals surface area contributed by atoms with E-state index in [1.807, 2.05) is 6.92 Å². The number of benzene rings is 2. The van der Waals surface area contributed by atoms with Crippen molar-refractivity contribution >= 4 is 39.7 Å². The minimum Gasteiger partial charge on any atom is -0.495 e. The number of amides is 1. The molecule has 1 aliphatic carbocycles. The third-order valence-electron chi connectivity index (χ3n) is 4.12. The van der Waals surface area contributed by atoms with E-state index in [0.717, 1.165) is 18.4 Å². The lowest BCUT2D eigenvalue weighted by Crippen LogP contribution is -2.26. The van der Waals surface area contributed by atoms with Gasteiger partial charge in [0.15, 0.2) is 0 Å². The first-order chi connectivity index (χ1) is 12.3. The molecule has 0 heterocycles. The van der Waals surface area contributed by atoms with Gasteiger partial charge in [-0.05, 0) is 55.7 Å². The Morgan fingerprint density at radius 3 is 2.52 bits per heavy atom. The molecule has 9 heteroatoms. The Morgan fingerprint density at radius 1 is 1.19 bits per heavy atom. The quantitative estimate of drug-likeness (QED) is 0.633. The van der Waals surface area contributed by atoms with Gasteiger partial charge in [-0.15, -0.1) is 12.4 Å². The molecule has 0 spiro atoms. The summed E-state index contributed by atoms with van der Waals surface area (Å²) >= 11 is 0. The van der Waals surface area contributed by atoms with Crippen molar-refractivity contribution in [3.05, 3.63) is 47.5 Å². The van der Waals surface area contributed by atoms with Crippen LogP contribution >= 0.6 is 12.4 Å². The van der Waals surface area contributed by atoms with Gasteiger partial charge in [-0.2, -0.15) is 0 Å². The van der Waals surface area contributed by atoms with Crippen LogP contribution in [0.4, 0.5) is 11.4 Å². The van der Waals surface area contributed by atoms with Crippen LogP contribution in [0.3, 0.4) is 0 Å². The van der Waals surface area contributed by atoms with E-state index in [1.54, 1.807) is 18.2 Å². The molecule has 1 amide bonds. The second-order valence-corrected chi connectivity index (χ2v) is 7.97. The van der Waals surface area contributed by atoms with Crippen LogP contribution in [0.2, 0.25) is 0 Å². The number of sulfonamides is 1. The van der Waals surface area contributed by atoms with Crippen molar-refractivity contribution in [1.29, 1.82) is 0 Å². The zero-order chi connectivity index (χ0) is 18.9. The highest BCUT2D eigenvalue weighted by Crippen LogP contribution is 2.29. The summed E-state index contributed by atoms with van der Waals surface area (Å²) in [5.74, 6) is -0.237. The maximum atomic E-state index is 12.6. The van der Waals surface area contributed by atoms with Crippen molar-refractivity contribution in [2.24, 2.45) is 0 Å². The van der Waals surface area contributed by atoms with Gasteiger partial charge < -0.3 is 15.8 Å². The molecule has 4 N–H and O–H groups in total. The van der Waals surface area contributed by atoms with Crippen molar-refractivity contribution < 1.29 is 17.9 Å². The highest BCUT2D eigenvalue weighted by atomic mass is 35.5. The van der Waals surface area contributed by atoms with Crippen LogP contribution in [0.15, 0.2) is 41.3 Å². The minimum absolute atomic E-state index is 0. The molecular weight excluding hydrogens is 390 g/mol. The smallest absolute Gasteiger partial charge is 0.255 e. The van der Waals surface area contributed by atoms with E-state index in [9.17, 15) is 13.2 Å². The number of carbonyl (C=O) groups excluding carboxylic acids is 1. The summed E-state index contributed by atoms with van der Waals surface area (Å²) in [7, 11) is -2.37. The molecule has 1 saturated carbocycles. The van der Waals surface area contributed by atoms with Crippen LogP contribution in [0.1, 0.15) is 28.8 Å². The number of halogens is 1. The zero-order valence-electron chi connectivity index (χ0n) is 15.0. The number of rotatable bonds is 6. The summed E-state index contributed by atoms with van der Waals surface area (Å²) in [6.45, 7) is 1.85. The normalized spacial score (nSPS) is 13.6. The third kappa shape index (κ3) is 4.91. The number of anilines is 2. The van der Waals surface area contributed by atoms with E-state index in [-0.39, 0.29) is 34.7 Å². The van der Waals surface area contributed by atoms with Crippen molar-refractivity contribution in [3.63, 3.8) is 0 Å². The second-order valence-electron chi connectivity index (χ2n) is 6.29. The molecule has 3 rings (SSSR count). The molecule has 0 unspecified atom stereocenters. The Kier molecular flexibility index (Phi) is 6.35. The number of hydrogen-bond acceptors (Lipinski definition) is 5. The summed E-state index contributed by atoms with van der Waals surface area (Å²) < 4.78 is 32.9. The summed E-state index contributed by atoms with van der Waals surface area (Å²) in [4.78, 5) is 12.5. The number of hydrogen-bond donors (Lipinski definition) is 3. The Hall–Kier alpha value is -2.29. The SMILES string of the molecule is COc1ccc(C(=O)Nc2cc(N)ccc2C)cc1S(=O)(=O)NC1CC1.Cl.